The number of aliphatic hydroxyl groups is 7. The van der Waals surface area contributed by atoms with Gasteiger partial charge in [0, 0.05) is 12.8 Å². The first kappa shape index (κ1) is 63.4. The maximum absolute atomic E-state index is 13.0. The van der Waals surface area contributed by atoms with E-state index in [1.54, 1.807) is 0 Å². The van der Waals surface area contributed by atoms with E-state index in [-0.39, 0.29) is 26.1 Å². The molecule has 0 spiro atoms. The summed E-state index contributed by atoms with van der Waals surface area (Å²) in [4.78, 5) is 25.8. The third-order valence-electron chi connectivity index (χ3n) is 13.5. The van der Waals surface area contributed by atoms with E-state index in [1.807, 2.05) is 0 Å². The second-order valence-corrected chi connectivity index (χ2v) is 19.8. The molecule has 69 heavy (non-hydrogen) atoms. The summed E-state index contributed by atoms with van der Waals surface area (Å²) in [6.45, 7) is 2.62. The minimum absolute atomic E-state index is 0.167. The number of rotatable bonds is 44. The van der Waals surface area contributed by atoms with Crippen LogP contribution in [0, 0.1) is 0 Å². The molecule has 15 heteroatoms. The summed E-state index contributed by atoms with van der Waals surface area (Å²) in [7, 11) is 0. The summed E-state index contributed by atoms with van der Waals surface area (Å²) in [5.41, 5.74) is 0. The van der Waals surface area contributed by atoms with Crippen LogP contribution in [-0.4, -0.2) is 142 Å². The van der Waals surface area contributed by atoms with Gasteiger partial charge in [0.2, 0.25) is 0 Å². The van der Waals surface area contributed by atoms with Crippen molar-refractivity contribution in [1.82, 2.24) is 0 Å². The zero-order chi connectivity index (χ0) is 50.3. The first-order valence-corrected chi connectivity index (χ1v) is 27.8. The molecule has 0 aromatic rings. The molecule has 2 aliphatic heterocycles. The Morgan fingerprint density at radius 3 is 1.28 bits per heavy atom. The lowest BCUT2D eigenvalue weighted by Crippen LogP contribution is -2.61. The van der Waals surface area contributed by atoms with E-state index in [9.17, 15) is 45.3 Å². The molecule has 2 saturated heterocycles. The second-order valence-electron chi connectivity index (χ2n) is 19.8. The number of carbonyl (C=O) groups excluding carboxylic acids is 2. The van der Waals surface area contributed by atoms with Crippen LogP contribution < -0.4 is 0 Å². The largest absolute Gasteiger partial charge is 0.462 e. The van der Waals surface area contributed by atoms with Gasteiger partial charge in [0.25, 0.3) is 0 Å². The Hall–Kier alpha value is -1.76. The van der Waals surface area contributed by atoms with E-state index in [1.165, 1.54) is 141 Å². The monoisotopic (exact) mass is 989 g/mol. The SMILES string of the molecule is CCCCCCCC/C=C\CCCCCCCCCCCC(=O)OC(COC(=O)CCCCCCCCCCCCCCCC)COC1OC(COC2OC(CO)C(O)C(O)C2O)C(O)C(O)C1O. The molecule has 2 heterocycles. The minimum atomic E-state index is -1.76. The Labute approximate surface area is 416 Å². The van der Waals surface area contributed by atoms with Crippen molar-refractivity contribution in [2.45, 2.75) is 293 Å². The Kier molecular flexibility index (Phi) is 38.3. The van der Waals surface area contributed by atoms with Crippen LogP contribution in [0.25, 0.3) is 0 Å². The highest BCUT2D eigenvalue weighted by molar-refractivity contribution is 5.70. The lowest BCUT2D eigenvalue weighted by Gasteiger charge is -2.42. The third-order valence-corrected chi connectivity index (χ3v) is 13.5. The first-order valence-electron chi connectivity index (χ1n) is 27.8. The van der Waals surface area contributed by atoms with Crippen LogP contribution in [0.4, 0.5) is 0 Å². The smallest absolute Gasteiger partial charge is 0.306 e. The lowest BCUT2D eigenvalue weighted by molar-refractivity contribution is -0.332. The normalized spacial score (nSPS) is 25.6. The molecule has 11 unspecified atom stereocenters. The minimum Gasteiger partial charge on any atom is -0.462 e. The molecule has 0 saturated carbocycles. The zero-order valence-electron chi connectivity index (χ0n) is 43.1. The molecule has 2 fully saturated rings. The van der Waals surface area contributed by atoms with Gasteiger partial charge in [-0.05, 0) is 38.5 Å². The van der Waals surface area contributed by atoms with Gasteiger partial charge in [0.05, 0.1) is 19.8 Å². The standard InChI is InChI=1S/C54H100O15/c1-3-5-7-9-11-13-15-17-19-20-21-22-23-25-27-29-31-33-35-37-46(57)67-42(39-64-45(56)36-34-32-30-28-26-24-18-16-14-12-10-8-6-4-2)40-65-53-52(63)50(61)48(59)44(69-53)41-66-54-51(62)49(60)47(58)43(38-55)68-54/h17,19,42-44,47-55,58-63H,3-16,18,20-41H2,1-2H3/b19-17-. The fourth-order valence-electron chi connectivity index (χ4n) is 8.92. The van der Waals surface area contributed by atoms with Gasteiger partial charge < -0.3 is 64.2 Å². The summed E-state index contributed by atoms with van der Waals surface area (Å²) >= 11 is 0. The van der Waals surface area contributed by atoms with Crippen molar-refractivity contribution in [1.29, 1.82) is 0 Å². The van der Waals surface area contributed by atoms with Crippen LogP contribution in [-0.2, 0) is 38.0 Å². The molecular weight excluding hydrogens is 889 g/mol. The first-order chi connectivity index (χ1) is 33.5. The summed E-state index contributed by atoms with van der Waals surface area (Å²) < 4.78 is 33.7. The van der Waals surface area contributed by atoms with Gasteiger partial charge in [-0.15, -0.1) is 0 Å². The summed E-state index contributed by atoms with van der Waals surface area (Å²) in [6.07, 6.45) is 25.2. The summed E-state index contributed by atoms with van der Waals surface area (Å²) in [5.74, 6) is -0.914. The van der Waals surface area contributed by atoms with E-state index < -0.39 is 92.7 Å². The van der Waals surface area contributed by atoms with Crippen molar-refractivity contribution in [3.8, 4) is 0 Å². The molecule has 11 atom stereocenters. The molecule has 0 radical (unpaired) electrons. The Balaban J connectivity index is 1.77. The highest BCUT2D eigenvalue weighted by Crippen LogP contribution is 2.27. The van der Waals surface area contributed by atoms with E-state index in [4.69, 9.17) is 28.4 Å². The lowest BCUT2D eigenvalue weighted by atomic mass is 9.98. The van der Waals surface area contributed by atoms with E-state index in [0.29, 0.717) is 12.8 Å². The average Bonchev–Trinajstić information content (AvgIpc) is 3.34. The van der Waals surface area contributed by atoms with Gasteiger partial charge in [-0.3, -0.25) is 9.59 Å². The molecule has 0 bridgehead atoms. The number of esters is 2. The highest BCUT2D eigenvalue weighted by Gasteiger charge is 2.47. The number of hydrogen-bond donors (Lipinski definition) is 7. The number of hydrogen-bond acceptors (Lipinski definition) is 15. The van der Waals surface area contributed by atoms with Gasteiger partial charge in [-0.25, -0.2) is 0 Å². The zero-order valence-corrected chi connectivity index (χ0v) is 43.1. The summed E-state index contributed by atoms with van der Waals surface area (Å²) in [6, 6.07) is 0. The summed E-state index contributed by atoms with van der Waals surface area (Å²) in [5, 5.41) is 72.2. The van der Waals surface area contributed by atoms with Crippen molar-refractivity contribution in [3.63, 3.8) is 0 Å². The third kappa shape index (κ3) is 29.5. The number of allylic oxidation sites excluding steroid dienone is 2. The number of unbranched alkanes of at least 4 members (excludes halogenated alkanes) is 28. The van der Waals surface area contributed by atoms with Gasteiger partial charge >= 0.3 is 11.9 Å². The Bertz CT molecular complexity index is 1250. The maximum Gasteiger partial charge on any atom is 0.306 e. The molecule has 7 N–H and O–H groups in total. The van der Waals surface area contributed by atoms with Crippen LogP contribution in [0.2, 0.25) is 0 Å². The number of carbonyl (C=O) groups is 2. The van der Waals surface area contributed by atoms with Gasteiger partial charge in [0.15, 0.2) is 18.7 Å². The van der Waals surface area contributed by atoms with Gasteiger partial charge in [-0.2, -0.15) is 0 Å². The molecular formula is C54H100O15. The van der Waals surface area contributed by atoms with Crippen LogP contribution >= 0.6 is 0 Å². The quantitative estimate of drug-likeness (QED) is 0.0172. The van der Waals surface area contributed by atoms with Crippen LogP contribution in [0.3, 0.4) is 0 Å². The predicted octanol–water partition coefficient (Wildman–Crippen LogP) is 8.55. The van der Waals surface area contributed by atoms with Crippen molar-refractivity contribution in [2.75, 3.05) is 26.4 Å². The molecule has 0 amide bonds. The van der Waals surface area contributed by atoms with E-state index in [2.05, 4.69) is 26.0 Å². The van der Waals surface area contributed by atoms with Crippen molar-refractivity contribution in [2.24, 2.45) is 0 Å². The number of aliphatic hydroxyl groups excluding tert-OH is 7. The van der Waals surface area contributed by atoms with Crippen LogP contribution in [0.5, 0.6) is 0 Å². The number of ether oxygens (including phenoxy) is 6. The fraction of sp³-hybridized carbons (Fsp3) is 0.926. The molecule has 15 nitrogen and oxygen atoms in total. The Morgan fingerprint density at radius 2 is 0.826 bits per heavy atom. The highest BCUT2D eigenvalue weighted by atomic mass is 16.7. The average molecular weight is 989 g/mol. The van der Waals surface area contributed by atoms with E-state index >= 15 is 0 Å². The molecule has 406 valence electrons. The van der Waals surface area contributed by atoms with E-state index in [0.717, 1.165) is 44.9 Å². The second kappa shape index (κ2) is 41.7. The fourth-order valence-corrected chi connectivity index (χ4v) is 8.92. The maximum atomic E-state index is 13.0. The molecule has 2 aliphatic rings. The van der Waals surface area contributed by atoms with Crippen molar-refractivity contribution >= 4 is 11.9 Å². The molecule has 0 aromatic heterocycles. The predicted molar refractivity (Wildman–Crippen MR) is 266 cm³/mol. The molecule has 0 aromatic carbocycles. The van der Waals surface area contributed by atoms with Crippen LogP contribution in [0.1, 0.15) is 226 Å². The van der Waals surface area contributed by atoms with Crippen molar-refractivity contribution in [3.05, 3.63) is 12.2 Å². The van der Waals surface area contributed by atoms with Crippen molar-refractivity contribution < 1.29 is 73.8 Å². The van der Waals surface area contributed by atoms with Crippen LogP contribution in [0.15, 0.2) is 12.2 Å². The topological polar surface area (TPSA) is 231 Å². The molecule has 0 aliphatic carbocycles. The van der Waals surface area contributed by atoms with Gasteiger partial charge in [-0.1, -0.05) is 187 Å². The van der Waals surface area contributed by atoms with Gasteiger partial charge in [0.1, 0.15) is 55.4 Å². The Morgan fingerprint density at radius 1 is 0.449 bits per heavy atom. The molecule has 2 rings (SSSR count).